The molecule has 3 aromatic rings. The molecule has 0 bridgehead atoms. The maximum absolute atomic E-state index is 12.4. The first-order chi connectivity index (χ1) is 12.5. The molecular weight excluding hydrogens is 346 g/mol. The largest absolute Gasteiger partial charge is 0.322 e. The zero-order valence-electron chi connectivity index (χ0n) is 14.1. The van der Waals surface area contributed by atoms with Gasteiger partial charge in [-0.05, 0) is 35.4 Å². The molecule has 26 heavy (non-hydrogen) atoms. The Kier molecular flexibility index (Phi) is 5.49. The number of benzene rings is 3. The predicted molar refractivity (Wildman–Crippen MR) is 104 cm³/mol. The van der Waals surface area contributed by atoms with Crippen molar-refractivity contribution in [1.29, 1.82) is 0 Å². The van der Waals surface area contributed by atoms with Crippen LogP contribution in [0, 0.1) is 0 Å². The quantitative estimate of drug-likeness (QED) is 0.717. The van der Waals surface area contributed by atoms with Crippen LogP contribution < -0.4 is 5.32 Å². The summed E-state index contributed by atoms with van der Waals surface area (Å²) in [6.45, 7) is 0. The molecule has 0 aliphatic heterocycles. The van der Waals surface area contributed by atoms with E-state index in [0.29, 0.717) is 16.8 Å². The lowest BCUT2D eigenvalue weighted by molar-refractivity contribution is 0.102. The summed E-state index contributed by atoms with van der Waals surface area (Å²) >= 11 is 0. The van der Waals surface area contributed by atoms with Crippen LogP contribution in [0.15, 0.2) is 84.9 Å². The fourth-order valence-electron chi connectivity index (χ4n) is 2.61. The topological polar surface area (TPSA) is 63.2 Å². The molecule has 0 radical (unpaired) electrons. The van der Waals surface area contributed by atoms with E-state index in [1.54, 1.807) is 36.4 Å². The first-order valence-corrected chi connectivity index (χ1v) is 10.0. The molecule has 0 unspecified atom stereocenters. The second-order valence-corrected chi connectivity index (χ2v) is 8.10. The van der Waals surface area contributed by atoms with Crippen molar-refractivity contribution in [1.82, 2.24) is 0 Å². The van der Waals surface area contributed by atoms with Gasteiger partial charge in [-0.25, -0.2) is 8.42 Å². The Morgan fingerprint density at radius 1 is 0.692 bits per heavy atom. The van der Waals surface area contributed by atoms with E-state index in [9.17, 15) is 13.2 Å². The molecule has 5 heteroatoms. The predicted octanol–water partition coefficient (Wildman–Crippen LogP) is 4.05. The summed E-state index contributed by atoms with van der Waals surface area (Å²) in [5.41, 5.74) is 2.63. The molecule has 0 heterocycles. The molecule has 0 fully saturated rings. The Bertz CT molecular complexity index is 967. The van der Waals surface area contributed by atoms with Gasteiger partial charge in [0.2, 0.25) is 0 Å². The summed E-state index contributed by atoms with van der Waals surface area (Å²) in [4.78, 5) is 12.2. The molecule has 1 N–H and O–H groups in total. The summed E-state index contributed by atoms with van der Waals surface area (Å²) in [6.07, 6.45) is 0. The van der Waals surface area contributed by atoms with Gasteiger partial charge in [-0.1, -0.05) is 60.7 Å². The lowest BCUT2D eigenvalue weighted by Crippen LogP contribution is -2.12. The second kappa shape index (κ2) is 7.97. The highest BCUT2D eigenvalue weighted by Gasteiger charge is 2.14. The zero-order chi connectivity index (χ0) is 18.4. The Labute approximate surface area is 153 Å². The molecule has 0 atom stereocenters. The Balaban J connectivity index is 1.64. The Morgan fingerprint density at radius 2 is 1.19 bits per heavy atom. The van der Waals surface area contributed by atoms with Crippen LogP contribution in [0.3, 0.4) is 0 Å². The van der Waals surface area contributed by atoms with Gasteiger partial charge in [0.25, 0.3) is 5.91 Å². The fraction of sp³-hybridized carbons (Fsp3) is 0.0952. The Hall–Kier alpha value is -2.92. The number of hydrogen-bond acceptors (Lipinski definition) is 3. The van der Waals surface area contributed by atoms with Crippen molar-refractivity contribution in [2.75, 3.05) is 5.32 Å². The summed E-state index contributed by atoms with van der Waals surface area (Å²) in [5.74, 6) is -0.276. The number of rotatable bonds is 6. The van der Waals surface area contributed by atoms with E-state index in [1.807, 2.05) is 48.5 Å². The molecule has 1 amide bonds. The molecule has 132 valence electrons. The van der Waals surface area contributed by atoms with Crippen LogP contribution in [0.25, 0.3) is 0 Å². The number of sulfone groups is 1. The van der Waals surface area contributed by atoms with Crippen molar-refractivity contribution in [2.45, 2.75) is 11.5 Å². The van der Waals surface area contributed by atoms with E-state index in [1.165, 1.54) is 0 Å². The van der Waals surface area contributed by atoms with Crippen molar-refractivity contribution in [3.63, 3.8) is 0 Å². The average Bonchev–Trinajstić information content (AvgIpc) is 2.63. The van der Waals surface area contributed by atoms with Crippen molar-refractivity contribution in [3.8, 4) is 0 Å². The number of nitrogens with one attached hydrogen (secondary N) is 1. The van der Waals surface area contributed by atoms with Crippen molar-refractivity contribution in [2.24, 2.45) is 0 Å². The smallest absolute Gasteiger partial charge is 0.255 e. The number of para-hydroxylation sites is 1. The Morgan fingerprint density at radius 3 is 1.77 bits per heavy atom. The first-order valence-electron chi connectivity index (χ1n) is 8.21. The van der Waals surface area contributed by atoms with Crippen LogP contribution >= 0.6 is 0 Å². The maximum atomic E-state index is 12.4. The summed E-state index contributed by atoms with van der Waals surface area (Å²) < 4.78 is 24.7. The van der Waals surface area contributed by atoms with Crippen LogP contribution in [-0.2, 0) is 21.3 Å². The monoisotopic (exact) mass is 365 g/mol. The molecule has 0 saturated carbocycles. The van der Waals surface area contributed by atoms with Gasteiger partial charge in [-0.3, -0.25) is 4.79 Å². The molecule has 0 saturated heterocycles. The average molecular weight is 365 g/mol. The molecule has 0 aliphatic rings. The zero-order valence-corrected chi connectivity index (χ0v) is 14.9. The third-order valence-electron chi connectivity index (χ3n) is 3.86. The summed E-state index contributed by atoms with van der Waals surface area (Å²) in [5, 5.41) is 2.80. The van der Waals surface area contributed by atoms with Crippen LogP contribution in [0.4, 0.5) is 5.69 Å². The van der Waals surface area contributed by atoms with E-state index in [-0.39, 0.29) is 17.4 Å². The number of carbonyl (C=O) groups excluding carboxylic acids is 1. The van der Waals surface area contributed by atoms with E-state index >= 15 is 0 Å². The van der Waals surface area contributed by atoms with Crippen LogP contribution in [0.2, 0.25) is 0 Å². The van der Waals surface area contributed by atoms with Crippen LogP contribution in [0.5, 0.6) is 0 Å². The van der Waals surface area contributed by atoms with Gasteiger partial charge in [0.05, 0.1) is 11.5 Å². The molecule has 4 nitrogen and oxygen atoms in total. The SMILES string of the molecule is O=C(Nc1ccccc1)c1ccc(CS(=O)(=O)Cc2ccccc2)cc1. The minimum atomic E-state index is -3.27. The lowest BCUT2D eigenvalue weighted by Gasteiger charge is -2.07. The normalized spacial score (nSPS) is 11.1. The van der Waals surface area contributed by atoms with Crippen molar-refractivity contribution < 1.29 is 13.2 Å². The molecule has 3 aromatic carbocycles. The maximum Gasteiger partial charge on any atom is 0.255 e. The fourth-order valence-corrected chi connectivity index (χ4v) is 4.11. The number of anilines is 1. The lowest BCUT2D eigenvalue weighted by atomic mass is 10.1. The van der Waals surface area contributed by atoms with E-state index in [4.69, 9.17) is 0 Å². The van der Waals surface area contributed by atoms with Gasteiger partial charge in [-0.15, -0.1) is 0 Å². The highest BCUT2D eigenvalue weighted by atomic mass is 32.2. The minimum absolute atomic E-state index is 0.00405. The molecule has 0 spiro atoms. The summed E-state index contributed by atoms with van der Waals surface area (Å²) in [7, 11) is -3.27. The number of carbonyl (C=O) groups is 1. The van der Waals surface area contributed by atoms with Gasteiger partial charge in [0.1, 0.15) is 0 Å². The van der Waals surface area contributed by atoms with E-state index < -0.39 is 9.84 Å². The molecular formula is C21H19NO3S. The first kappa shape index (κ1) is 17.9. The summed E-state index contributed by atoms with van der Waals surface area (Å²) in [6, 6.07) is 24.9. The molecule has 0 aliphatic carbocycles. The van der Waals surface area contributed by atoms with Gasteiger partial charge in [-0.2, -0.15) is 0 Å². The van der Waals surface area contributed by atoms with E-state index in [2.05, 4.69) is 5.32 Å². The minimum Gasteiger partial charge on any atom is -0.322 e. The second-order valence-electron chi connectivity index (χ2n) is 6.03. The van der Waals surface area contributed by atoms with Crippen LogP contribution in [0.1, 0.15) is 21.5 Å². The van der Waals surface area contributed by atoms with Crippen LogP contribution in [-0.4, -0.2) is 14.3 Å². The van der Waals surface area contributed by atoms with Gasteiger partial charge in [0.15, 0.2) is 9.84 Å². The van der Waals surface area contributed by atoms with Gasteiger partial charge < -0.3 is 5.32 Å². The van der Waals surface area contributed by atoms with Crippen molar-refractivity contribution >= 4 is 21.4 Å². The highest BCUT2D eigenvalue weighted by Crippen LogP contribution is 2.14. The third-order valence-corrected chi connectivity index (χ3v) is 5.41. The standard InChI is InChI=1S/C21H19NO3S/c23-21(22-20-9-5-2-6-10-20)19-13-11-18(12-14-19)16-26(24,25)15-17-7-3-1-4-8-17/h1-14H,15-16H2,(H,22,23). The molecule has 3 rings (SSSR count). The highest BCUT2D eigenvalue weighted by molar-refractivity contribution is 7.89. The van der Waals surface area contributed by atoms with E-state index in [0.717, 1.165) is 5.56 Å². The van der Waals surface area contributed by atoms with Crippen molar-refractivity contribution in [3.05, 3.63) is 102 Å². The van der Waals surface area contributed by atoms with Gasteiger partial charge in [0, 0.05) is 11.3 Å². The molecule has 0 aromatic heterocycles. The number of amides is 1. The van der Waals surface area contributed by atoms with Gasteiger partial charge >= 0.3 is 0 Å². The number of hydrogen-bond donors (Lipinski definition) is 1. The third kappa shape index (κ3) is 5.04.